The first kappa shape index (κ1) is 26.1. The molecule has 0 N–H and O–H groups in total. The number of hydrogen-bond donors (Lipinski definition) is 0. The van der Waals surface area contributed by atoms with Crippen molar-refractivity contribution in [1.82, 2.24) is 9.13 Å². The molecule has 0 aliphatic rings. The number of benzene rings is 7. The molecule has 10 rings (SSSR count). The van der Waals surface area contributed by atoms with Gasteiger partial charge in [0.2, 0.25) is 0 Å². The van der Waals surface area contributed by atoms with Crippen molar-refractivity contribution in [2.75, 3.05) is 0 Å². The van der Waals surface area contributed by atoms with Gasteiger partial charge in [-0.25, -0.2) is 0 Å². The van der Waals surface area contributed by atoms with Gasteiger partial charge in [0.25, 0.3) is 0 Å². The number of para-hydroxylation sites is 2. The van der Waals surface area contributed by atoms with Crippen LogP contribution >= 0.6 is 11.3 Å². The van der Waals surface area contributed by atoms with Crippen molar-refractivity contribution in [3.05, 3.63) is 157 Å². The average Bonchev–Trinajstić information content (AvgIpc) is 3.77. The minimum absolute atomic E-state index is 0.669. The van der Waals surface area contributed by atoms with Gasteiger partial charge in [-0.1, -0.05) is 78.9 Å². The summed E-state index contributed by atoms with van der Waals surface area (Å²) in [7, 11) is 0. The molecule has 0 radical (unpaired) electrons. The van der Waals surface area contributed by atoms with Crippen LogP contribution in [-0.2, 0) is 0 Å². The highest BCUT2D eigenvalue weighted by Crippen LogP contribution is 2.41. The van der Waals surface area contributed by atoms with Crippen molar-refractivity contribution in [3.8, 4) is 28.6 Å². The first-order valence-electron chi connectivity index (χ1n) is 15.7. The topological polar surface area (TPSA) is 33.6 Å². The van der Waals surface area contributed by atoms with Crippen LogP contribution in [0.2, 0.25) is 0 Å². The third-order valence-corrected chi connectivity index (χ3v) is 10.6. The summed E-state index contributed by atoms with van der Waals surface area (Å²) in [6.07, 6.45) is 0. The molecule has 0 bridgehead atoms. The zero-order valence-corrected chi connectivity index (χ0v) is 26.0. The van der Waals surface area contributed by atoms with Crippen LogP contribution in [0.4, 0.5) is 0 Å². The van der Waals surface area contributed by atoms with E-state index in [0.717, 1.165) is 44.3 Å². The molecule has 3 heterocycles. The second kappa shape index (κ2) is 9.92. The van der Waals surface area contributed by atoms with Crippen LogP contribution < -0.4 is 0 Å². The molecule has 0 fully saturated rings. The number of hydrogen-bond acceptors (Lipinski definition) is 2. The second-order valence-corrected chi connectivity index (χ2v) is 13.2. The van der Waals surface area contributed by atoms with Crippen molar-refractivity contribution >= 4 is 75.1 Å². The molecule has 3 aromatic heterocycles. The van der Waals surface area contributed by atoms with Gasteiger partial charge in [0, 0.05) is 53.1 Å². The molecule has 0 spiro atoms. The fraction of sp³-hybridized carbons (Fsp3) is 0. The zero-order chi connectivity index (χ0) is 31.1. The summed E-state index contributed by atoms with van der Waals surface area (Å²) < 4.78 is 7.27. The summed E-state index contributed by atoms with van der Waals surface area (Å²) >= 11 is 1.83. The first-order chi connectivity index (χ1) is 23.2. The number of nitriles is 1. The van der Waals surface area contributed by atoms with Gasteiger partial charge in [0.05, 0.1) is 33.7 Å². The Hall–Kier alpha value is -6.15. The molecule has 0 amide bonds. The molecule has 47 heavy (non-hydrogen) atoms. The number of fused-ring (bicyclic) bond motifs is 9. The molecule has 0 aliphatic carbocycles. The minimum atomic E-state index is 0.669. The average molecular weight is 616 g/mol. The van der Waals surface area contributed by atoms with E-state index in [0.29, 0.717) is 5.56 Å². The summed E-state index contributed by atoms with van der Waals surface area (Å²) in [6.45, 7) is 0. The molecule has 3 nitrogen and oxygen atoms in total. The zero-order valence-electron chi connectivity index (χ0n) is 25.2. The molecule has 7 aromatic carbocycles. The Bertz CT molecular complexity index is 2880. The molecule has 0 saturated carbocycles. The van der Waals surface area contributed by atoms with Crippen molar-refractivity contribution in [1.29, 1.82) is 5.26 Å². The van der Waals surface area contributed by atoms with Gasteiger partial charge in [-0.05, 0) is 83.9 Å². The number of rotatable bonds is 3. The molecular weight excluding hydrogens is 591 g/mol. The van der Waals surface area contributed by atoms with Crippen LogP contribution in [0.3, 0.4) is 0 Å². The summed E-state index contributed by atoms with van der Waals surface area (Å²) in [5.41, 5.74) is 9.85. The normalized spacial score (nSPS) is 11.8. The molecule has 218 valence electrons. The van der Waals surface area contributed by atoms with Crippen molar-refractivity contribution in [2.45, 2.75) is 0 Å². The molecule has 10 aromatic rings. The summed E-state index contributed by atoms with van der Waals surface area (Å²) in [5, 5.41) is 17.1. The van der Waals surface area contributed by atoms with Crippen LogP contribution in [-0.4, -0.2) is 9.13 Å². The monoisotopic (exact) mass is 615 g/mol. The predicted molar refractivity (Wildman–Crippen MR) is 198 cm³/mol. The largest absolute Gasteiger partial charge is 0.309 e. The van der Waals surface area contributed by atoms with E-state index in [4.69, 9.17) is 0 Å². The third-order valence-electron chi connectivity index (χ3n) is 9.51. The van der Waals surface area contributed by atoms with Gasteiger partial charge in [-0.2, -0.15) is 5.26 Å². The SMILES string of the molecule is N#Cc1ccc2c(c1)c1cc3c(cc1n2-c1cccc(-c2cccc(-n4c5ccccc5c5ccccc54)c2)c1)sc1ccccc13. The summed E-state index contributed by atoms with van der Waals surface area (Å²) in [4.78, 5) is 0. The van der Waals surface area contributed by atoms with E-state index < -0.39 is 0 Å². The number of nitrogens with zero attached hydrogens (tertiary/aromatic N) is 3. The Labute approximate surface area is 274 Å². The van der Waals surface area contributed by atoms with E-state index in [1.54, 1.807) is 0 Å². The van der Waals surface area contributed by atoms with Gasteiger partial charge in [0.15, 0.2) is 0 Å². The molecular formula is C43H25N3S. The van der Waals surface area contributed by atoms with E-state index >= 15 is 0 Å². The van der Waals surface area contributed by atoms with Gasteiger partial charge in [-0.15, -0.1) is 11.3 Å². The van der Waals surface area contributed by atoms with Crippen LogP contribution in [0.5, 0.6) is 0 Å². The maximum atomic E-state index is 9.79. The van der Waals surface area contributed by atoms with Crippen molar-refractivity contribution < 1.29 is 0 Å². The fourth-order valence-electron chi connectivity index (χ4n) is 7.44. The van der Waals surface area contributed by atoms with E-state index in [2.05, 4.69) is 155 Å². The van der Waals surface area contributed by atoms with Gasteiger partial charge < -0.3 is 9.13 Å². The van der Waals surface area contributed by atoms with Gasteiger partial charge in [0.1, 0.15) is 0 Å². The molecule has 0 aliphatic heterocycles. The third kappa shape index (κ3) is 3.85. The highest BCUT2D eigenvalue weighted by atomic mass is 32.1. The summed E-state index contributed by atoms with van der Waals surface area (Å²) in [6, 6.07) is 56.6. The van der Waals surface area contributed by atoms with Crippen LogP contribution in [0.1, 0.15) is 5.56 Å². The maximum Gasteiger partial charge on any atom is 0.0991 e. The number of thiophene rings is 1. The minimum Gasteiger partial charge on any atom is -0.309 e. The Balaban J connectivity index is 1.18. The van der Waals surface area contributed by atoms with Crippen LogP contribution in [0.15, 0.2) is 152 Å². The Morgan fingerprint density at radius 2 is 0.979 bits per heavy atom. The van der Waals surface area contributed by atoms with E-state index in [-0.39, 0.29) is 0 Å². The van der Waals surface area contributed by atoms with Gasteiger partial charge in [-0.3, -0.25) is 0 Å². The van der Waals surface area contributed by atoms with E-state index in [9.17, 15) is 5.26 Å². The second-order valence-electron chi connectivity index (χ2n) is 12.1. The van der Waals surface area contributed by atoms with Crippen molar-refractivity contribution in [2.24, 2.45) is 0 Å². The standard InChI is InChI=1S/C43H25N3S/c44-26-27-19-20-40-35(21-27)36-24-37-34-15-3-6-18-42(34)47-43(37)25-41(36)46(40)31-12-8-10-29(23-31)28-9-7-11-30(22-28)45-38-16-4-1-13-32(38)33-14-2-5-17-39(33)45/h1-25H. The lowest BCUT2D eigenvalue weighted by atomic mass is 10.0. The molecule has 0 atom stereocenters. The van der Waals surface area contributed by atoms with Gasteiger partial charge >= 0.3 is 0 Å². The lowest BCUT2D eigenvalue weighted by Crippen LogP contribution is -1.96. The Morgan fingerprint density at radius 1 is 0.404 bits per heavy atom. The fourth-order valence-corrected chi connectivity index (χ4v) is 8.56. The Morgan fingerprint density at radius 3 is 1.66 bits per heavy atom. The maximum absolute atomic E-state index is 9.79. The lowest BCUT2D eigenvalue weighted by molar-refractivity contribution is 1.17. The summed E-state index contributed by atoms with van der Waals surface area (Å²) in [5.74, 6) is 0. The smallest absolute Gasteiger partial charge is 0.0991 e. The van der Waals surface area contributed by atoms with Crippen LogP contribution in [0, 0.1) is 11.3 Å². The Kier molecular flexibility index (Phi) is 5.51. The highest BCUT2D eigenvalue weighted by Gasteiger charge is 2.17. The van der Waals surface area contributed by atoms with E-state index in [1.807, 2.05) is 23.5 Å². The lowest BCUT2D eigenvalue weighted by Gasteiger charge is -2.13. The van der Waals surface area contributed by atoms with E-state index in [1.165, 1.54) is 42.0 Å². The predicted octanol–water partition coefficient (Wildman–Crippen LogP) is 11.8. The molecule has 0 saturated heterocycles. The van der Waals surface area contributed by atoms with Crippen molar-refractivity contribution in [3.63, 3.8) is 0 Å². The van der Waals surface area contributed by atoms with Crippen LogP contribution in [0.25, 0.3) is 86.3 Å². The number of aromatic nitrogens is 2. The molecule has 0 unspecified atom stereocenters. The molecule has 4 heteroatoms. The quantitative estimate of drug-likeness (QED) is 0.195. The first-order valence-corrected chi connectivity index (χ1v) is 16.6. The highest BCUT2D eigenvalue weighted by molar-refractivity contribution is 7.25.